The molecule has 0 aliphatic rings. The number of benzene rings is 1. The Bertz CT molecular complexity index is 338. The molecule has 2 nitrogen and oxygen atoms in total. The van der Waals surface area contributed by atoms with Crippen molar-refractivity contribution in [2.24, 2.45) is 5.16 Å². The summed E-state index contributed by atoms with van der Waals surface area (Å²) in [4.78, 5) is 4.58. The predicted molar refractivity (Wildman–Crippen MR) is 50.6 cm³/mol. The van der Waals surface area contributed by atoms with Crippen LogP contribution in [0.2, 0.25) is 5.02 Å². The molecule has 0 atom stereocenters. The van der Waals surface area contributed by atoms with E-state index >= 15 is 0 Å². The van der Waals surface area contributed by atoms with Crippen molar-refractivity contribution < 1.29 is 9.23 Å². The van der Waals surface area contributed by atoms with Gasteiger partial charge in [0.05, 0.1) is 10.7 Å². The van der Waals surface area contributed by atoms with Crippen LogP contribution in [0, 0.1) is 5.82 Å². The first kappa shape index (κ1) is 9.99. The van der Waals surface area contributed by atoms with E-state index in [-0.39, 0.29) is 5.02 Å². The van der Waals surface area contributed by atoms with E-state index in [1.807, 2.05) is 0 Å². The van der Waals surface area contributed by atoms with Crippen LogP contribution in [0.15, 0.2) is 23.4 Å². The van der Waals surface area contributed by atoms with Gasteiger partial charge in [-0.1, -0.05) is 22.8 Å². The number of hydrogen-bond donors (Lipinski definition) is 0. The molecular formula is C9H9ClFNO. The highest BCUT2D eigenvalue weighted by molar-refractivity contribution is 6.31. The molecule has 0 N–H and O–H groups in total. The maximum absolute atomic E-state index is 12.7. The van der Waals surface area contributed by atoms with E-state index in [1.54, 1.807) is 13.0 Å². The van der Waals surface area contributed by atoms with E-state index in [1.165, 1.54) is 19.2 Å². The molecule has 70 valence electrons. The molecule has 0 amide bonds. The maximum Gasteiger partial charge on any atom is 0.141 e. The van der Waals surface area contributed by atoms with Gasteiger partial charge in [-0.2, -0.15) is 0 Å². The Kier molecular flexibility index (Phi) is 3.25. The molecule has 1 aromatic rings. The summed E-state index contributed by atoms with van der Waals surface area (Å²) in [7, 11) is 1.45. The average molecular weight is 202 g/mol. The smallest absolute Gasteiger partial charge is 0.141 e. The zero-order chi connectivity index (χ0) is 9.84. The van der Waals surface area contributed by atoms with Crippen molar-refractivity contribution in [2.75, 3.05) is 7.11 Å². The summed E-state index contributed by atoms with van der Waals surface area (Å²) in [6.45, 7) is 1.76. The van der Waals surface area contributed by atoms with Gasteiger partial charge in [-0.3, -0.25) is 0 Å². The highest BCUT2D eigenvalue weighted by Gasteiger charge is 2.03. The van der Waals surface area contributed by atoms with E-state index in [2.05, 4.69) is 9.99 Å². The fourth-order valence-electron chi connectivity index (χ4n) is 0.911. The first-order chi connectivity index (χ1) is 6.15. The molecular weight excluding hydrogens is 193 g/mol. The monoisotopic (exact) mass is 201 g/mol. The van der Waals surface area contributed by atoms with Crippen LogP contribution in [0.1, 0.15) is 12.5 Å². The fraction of sp³-hybridized carbons (Fsp3) is 0.222. The second-order valence-electron chi connectivity index (χ2n) is 2.49. The largest absolute Gasteiger partial charge is 0.399 e. The Morgan fingerprint density at radius 1 is 1.54 bits per heavy atom. The third-order valence-electron chi connectivity index (χ3n) is 1.57. The molecule has 0 bridgehead atoms. The Labute approximate surface area is 81.0 Å². The van der Waals surface area contributed by atoms with E-state index in [9.17, 15) is 4.39 Å². The third kappa shape index (κ3) is 2.42. The first-order valence-electron chi connectivity index (χ1n) is 3.68. The lowest BCUT2D eigenvalue weighted by Gasteiger charge is -2.00. The van der Waals surface area contributed by atoms with Crippen LogP contribution in [0.4, 0.5) is 4.39 Å². The molecule has 1 aromatic carbocycles. The Hall–Kier alpha value is -1.09. The molecule has 4 heteroatoms. The molecule has 0 aliphatic carbocycles. The van der Waals surface area contributed by atoms with Crippen LogP contribution in [-0.2, 0) is 4.84 Å². The summed E-state index contributed by atoms with van der Waals surface area (Å²) >= 11 is 5.59. The number of rotatable bonds is 2. The van der Waals surface area contributed by atoms with Crippen LogP contribution in [0.5, 0.6) is 0 Å². The highest BCUT2D eigenvalue weighted by atomic mass is 35.5. The molecule has 0 saturated heterocycles. The molecule has 0 aliphatic heterocycles. The minimum absolute atomic E-state index is 0.0863. The fourth-order valence-corrected chi connectivity index (χ4v) is 1.09. The highest BCUT2D eigenvalue weighted by Crippen LogP contribution is 2.16. The number of nitrogens with zero attached hydrogens (tertiary/aromatic N) is 1. The molecule has 0 fully saturated rings. The molecule has 0 unspecified atom stereocenters. The SMILES string of the molecule is CO/N=C(\C)c1ccc(F)c(Cl)c1. The van der Waals surface area contributed by atoms with E-state index in [4.69, 9.17) is 11.6 Å². The molecule has 13 heavy (non-hydrogen) atoms. The quantitative estimate of drug-likeness (QED) is 0.533. The molecule has 0 saturated carbocycles. The van der Waals surface area contributed by atoms with Gasteiger partial charge < -0.3 is 4.84 Å². The van der Waals surface area contributed by atoms with Gasteiger partial charge in [-0.25, -0.2) is 4.39 Å². The molecule has 0 heterocycles. The second kappa shape index (κ2) is 4.23. The number of hydrogen-bond acceptors (Lipinski definition) is 2. The van der Waals surface area contributed by atoms with Crippen molar-refractivity contribution in [1.82, 2.24) is 0 Å². The van der Waals surface area contributed by atoms with Crippen molar-refractivity contribution in [3.8, 4) is 0 Å². The standard InChI is InChI=1S/C9H9ClFNO/c1-6(12-13-2)7-3-4-9(11)8(10)5-7/h3-5H,1-2H3/b12-6+. The Morgan fingerprint density at radius 3 is 2.77 bits per heavy atom. The van der Waals surface area contributed by atoms with Gasteiger partial charge in [0.1, 0.15) is 12.9 Å². The van der Waals surface area contributed by atoms with Crippen LogP contribution >= 0.6 is 11.6 Å². The van der Waals surface area contributed by atoms with Crippen molar-refractivity contribution >= 4 is 17.3 Å². The van der Waals surface area contributed by atoms with Gasteiger partial charge >= 0.3 is 0 Å². The normalized spacial score (nSPS) is 11.5. The number of oxime groups is 1. The van der Waals surface area contributed by atoms with Crippen LogP contribution in [0.25, 0.3) is 0 Å². The van der Waals surface area contributed by atoms with Gasteiger partial charge in [-0.05, 0) is 19.1 Å². The molecule has 1 rings (SSSR count). The van der Waals surface area contributed by atoms with Gasteiger partial charge in [-0.15, -0.1) is 0 Å². The van der Waals surface area contributed by atoms with Crippen molar-refractivity contribution in [3.05, 3.63) is 34.6 Å². The first-order valence-corrected chi connectivity index (χ1v) is 4.06. The zero-order valence-corrected chi connectivity index (χ0v) is 8.10. The predicted octanol–water partition coefficient (Wildman–Crippen LogP) is 2.85. The molecule has 0 spiro atoms. The van der Waals surface area contributed by atoms with Gasteiger partial charge in [0, 0.05) is 5.56 Å². The summed E-state index contributed by atoms with van der Waals surface area (Å²) in [5, 5.41) is 3.79. The minimum Gasteiger partial charge on any atom is -0.399 e. The third-order valence-corrected chi connectivity index (χ3v) is 1.86. The van der Waals surface area contributed by atoms with Crippen molar-refractivity contribution in [3.63, 3.8) is 0 Å². The van der Waals surface area contributed by atoms with E-state index < -0.39 is 5.82 Å². The summed E-state index contributed by atoms with van der Waals surface area (Å²) in [5.74, 6) is -0.435. The Balaban J connectivity index is 3.04. The van der Waals surface area contributed by atoms with Crippen LogP contribution in [-0.4, -0.2) is 12.8 Å². The summed E-state index contributed by atoms with van der Waals surface area (Å²) in [5.41, 5.74) is 1.40. The van der Waals surface area contributed by atoms with Gasteiger partial charge in [0.15, 0.2) is 0 Å². The topological polar surface area (TPSA) is 21.6 Å². The van der Waals surface area contributed by atoms with Gasteiger partial charge in [0.2, 0.25) is 0 Å². The number of halogens is 2. The Morgan fingerprint density at radius 2 is 2.23 bits per heavy atom. The summed E-state index contributed by atoms with van der Waals surface area (Å²) in [6.07, 6.45) is 0. The zero-order valence-electron chi connectivity index (χ0n) is 7.34. The van der Waals surface area contributed by atoms with Crippen LogP contribution < -0.4 is 0 Å². The lowest BCUT2D eigenvalue weighted by molar-refractivity contribution is 0.213. The second-order valence-corrected chi connectivity index (χ2v) is 2.90. The van der Waals surface area contributed by atoms with Crippen molar-refractivity contribution in [1.29, 1.82) is 0 Å². The lowest BCUT2D eigenvalue weighted by atomic mass is 10.1. The van der Waals surface area contributed by atoms with E-state index in [0.29, 0.717) is 5.71 Å². The minimum atomic E-state index is -0.435. The average Bonchev–Trinajstić information content (AvgIpc) is 2.10. The molecule has 0 aromatic heterocycles. The lowest BCUT2D eigenvalue weighted by Crippen LogP contribution is -1.95. The summed E-state index contributed by atoms with van der Waals surface area (Å²) in [6, 6.07) is 4.40. The van der Waals surface area contributed by atoms with Gasteiger partial charge in [0.25, 0.3) is 0 Å². The maximum atomic E-state index is 12.7. The molecule has 0 radical (unpaired) electrons. The summed E-state index contributed by atoms with van der Waals surface area (Å²) < 4.78 is 12.7. The van der Waals surface area contributed by atoms with Crippen molar-refractivity contribution in [2.45, 2.75) is 6.92 Å². The van der Waals surface area contributed by atoms with Crippen LogP contribution in [0.3, 0.4) is 0 Å². The van der Waals surface area contributed by atoms with E-state index in [0.717, 1.165) is 5.56 Å².